The lowest BCUT2D eigenvalue weighted by atomic mass is 10.1. The Hall–Kier alpha value is -1.34. The predicted octanol–water partition coefficient (Wildman–Crippen LogP) is 2.71. The van der Waals surface area contributed by atoms with E-state index in [-0.39, 0.29) is 25.2 Å². The van der Waals surface area contributed by atoms with Gasteiger partial charge in [-0.05, 0) is 30.5 Å². The van der Waals surface area contributed by atoms with Gasteiger partial charge in [-0.25, -0.2) is 4.39 Å². The molecule has 0 bridgehead atoms. The van der Waals surface area contributed by atoms with E-state index in [1.165, 1.54) is 19.2 Å². The van der Waals surface area contributed by atoms with Crippen molar-refractivity contribution in [2.24, 2.45) is 0 Å². The average Bonchev–Trinajstić information content (AvgIpc) is 2.34. The number of ether oxygens (including phenoxy) is 2. The Bertz CT molecular complexity index is 421. The van der Waals surface area contributed by atoms with Gasteiger partial charge < -0.3 is 14.6 Å². The first-order chi connectivity index (χ1) is 9.31. The molecule has 1 atom stereocenters. The van der Waals surface area contributed by atoms with Gasteiger partial charge in [0.1, 0.15) is 6.61 Å². The zero-order valence-electron chi connectivity index (χ0n) is 10.9. The monoisotopic (exact) mass is 296 g/mol. The van der Waals surface area contributed by atoms with Crippen molar-refractivity contribution in [2.75, 3.05) is 20.3 Å². The lowest BCUT2D eigenvalue weighted by molar-refractivity contribution is -0.175. The molecule has 114 valence electrons. The first kappa shape index (κ1) is 16.7. The average molecular weight is 296 g/mol. The van der Waals surface area contributed by atoms with Crippen molar-refractivity contribution in [2.45, 2.75) is 25.1 Å². The molecule has 1 aromatic carbocycles. The maximum absolute atomic E-state index is 13.4. The highest BCUT2D eigenvalue weighted by Crippen LogP contribution is 2.19. The third-order valence-electron chi connectivity index (χ3n) is 2.55. The summed E-state index contributed by atoms with van der Waals surface area (Å²) in [6.07, 6.45) is -5.08. The second kappa shape index (κ2) is 7.44. The van der Waals surface area contributed by atoms with E-state index < -0.39 is 24.7 Å². The number of hydrogen-bond donors (Lipinski definition) is 1. The highest BCUT2D eigenvalue weighted by Gasteiger charge is 2.27. The Balaban J connectivity index is 2.35. The van der Waals surface area contributed by atoms with Crippen LogP contribution in [-0.2, 0) is 11.2 Å². The number of rotatable bonds is 7. The first-order valence-electron chi connectivity index (χ1n) is 5.97. The number of halogens is 4. The van der Waals surface area contributed by atoms with E-state index in [2.05, 4.69) is 4.74 Å². The summed E-state index contributed by atoms with van der Waals surface area (Å²) in [6, 6.07) is 4.23. The lowest BCUT2D eigenvalue weighted by Gasteiger charge is -2.12. The fourth-order valence-corrected chi connectivity index (χ4v) is 1.62. The fourth-order valence-electron chi connectivity index (χ4n) is 1.62. The fraction of sp³-hybridized carbons (Fsp3) is 0.538. The number of aliphatic hydroxyl groups excluding tert-OH is 1. The molecule has 0 fully saturated rings. The van der Waals surface area contributed by atoms with Crippen LogP contribution in [-0.4, -0.2) is 37.7 Å². The number of methoxy groups -OCH3 is 1. The quantitative estimate of drug-likeness (QED) is 0.621. The van der Waals surface area contributed by atoms with Crippen LogP contribution in [0, 0.1) is 5.82 Å². The van der Waals surface area contributed by atoms with Crippen LogP contribution in [0.2, 0.25) is 0 Å². The van der Waals surface area contributed by atoms with Crippen LogP contribution in [0.15, 0.2) is 18.2 Å². The maximum Gasteiger partial charge on any atom is 0.411 e. The van der Waals surface area contributed by atoms with Crippen LogP contribution >= 0.6 is 0 Å². The summed E-state index contributed by atoms with van der Waals surface area (Å²) in [5, 5.41) is 9.63. The first-order valence-corrected chi connectivity index (χ1v) is 5.97. The highest BCUT2D eigenvalue weighted by atomic mass is 19.4. The molecule has 0 aliphatic rings. The predicted molar refractivity (Wildman–Crippen MR) is 64.2 cm³/mol. The number of benzene rings is 1. The Labute approximate surface area is 114 Å². The molecule has 1 unspecified atom stereocenters. The Morgan fingerprint density at radius 3 is 2.55 bits per heavy atom. The van der Waals surface area contributed by atoms with Crippen molar-refractivity contribution in [3.63, 3.8) is 0 Å². The molecule has 7 heteroatoms. The van der Waals surface area contributed by atoms with Crippen molar-refractivity contribution in [1.82, 2.24) is 0 Å². The van der Waals surface area contributed by atoms with Crippen molar-refractivity contribution >= 4 is 0 Å². The Morgan fingerprint density at radius 2 is 2.00 bits per heavy atom. The third-order valence-corrected chi connectivity index (χ3v) is 2.55. The minimum absolute atomic E-state index is 0.0454. The summed E-state index contributed by atoms with van der Waals surface area (Å²) in [6.45, 7) is -1.55. The second-order valence-electron chi connectivity index (χ2n) is 4.28. The lowest BCUT2D eigenvalue weighted by Crippen LogP contribution is -2.20. The SMILES string of the molecule is COc1ccc(CC(O)CCOCC(F)(F)F)cc1F. The highest BCUT2D eigenvalue weighted by molar-refractivity contribution is 5.29. The molecule has 0 saturated heterocycles. The van der Waals surface area contributed by atoms with Gasteiger partial charge in [0.25, 0.3) is 0 Å². The van der Waals surface area contributed by atoms with Gasteiger partial charge in [-0.1, -0.05) is 6.07 Å². The van der Waals surface area contributed by atoms with Crippen molar-refractivity contribution in [1.29, 1.82) is 0 Å². The van der Waals surface area contributed by atoms with Crippen LogP contribution in [0.1, 0.15) is 12.0 Å². The molecule has 0 saturated carbocycles. The molecule has 0 heterocycles. The number of aliphatic hydroxyl groups is 1. The summed E-state index contributed by atoms with van der Waals surface area (Å²) in [5.74, 6) is -0.456. The largest absolute Gasteiger partial charge is 0.494 e. The second-order valence-corrected chi connectivity index (χ2v) is 4.28. The molecule has 20 heavy (non-hydrogen) atoms. The van der Waals surface area contributed by atoms with Gasteiger partial charge in [-0.2, -0.15) is 13.2 Å². The molecule has 0 amide bonds. The summed E-state index contributed by atoms with van der Waals surface area (Å²) in [7, 11) is 1.34. The number of hydrogen-bond acceptors (Lipinski definition) is 3. The van der Waals surface area contributed by atoms with Gasteiger partial charge in [0.05, 0.1) is 13.2 Å². The van der Waals surface area contributed by atoms with Gasteiger partial charge in [-0.3, -0.25) is 0 Å². The molecular formula is C13H16F4O3. The summed E-state index contributed by atoms with van der Waals surface area (Å²) in [5.41, 5.74) is 0.534. The van der Waals surface area contributed by atoms with Gasteiger partial charge in [0.15, 0.2) is 11.6 Å². The van der Waals surface area contributed by atoms with Crippen LogP contribution in [0.3, 0.4) is 0 Å². The van der Waals surface area contributed by atoms with Gasteiger partial charge in [0.2, 0.25) is 0 Å². The molecule has 1 aromatic rings. The molecule has 3 nitrogen and oxygen atoms in total. The van der Waals surface area contributed by atoms with Crippen molar-refractivity contribution < 1.29 is 32.1 Å². The summed E-state index contributed by atoms with van der Waals surface area (Å²) < 4.78 is 57.9. The molecule has 0 spiro atoms. The zero-order valence-corrected chi connectivity index (χ0v) is 10.9. The standard InChI is InChI=1S/C13H16F4O3/c1-19-12-3-2-9(7-11(12)14)6-10(18)4-5-20-8-13(15,16)17/h2-3,7,10,18H,4-6,8H2,1H3. The molecule has 1 rings (SSSR count). The molecular weight excluding hydrogens is 280 g/mol. The van der Waals surface area contributed by atoms with E-state index in [1.54, 1.807) is 6.07 Å². The van der Waals surface area contributed by atoms with Gasteiger partial charge >= 0.3 is 6.18 Å². The van der Waals surface area contributed by atoms with Crippen molar-refractivity contribution in [3.8, 4) is 5.75 Å². The van der Waals surface area contributed by atoms with E-state index in [1.807, 2.05) is 0 Å². The Morgan fingerprint density at radius 1 is 1.30 bits per heavy atom. The van der Waals surface area contributed by atoms with Crippen molar-refractivity contribution in [3.05, 3.63) is 29.6 Å². The maximum atomic E-state index is 13.4. The topological polar surface area (TPSA) is 38.7 Å². The minimum atomic E-state index is -4.37. The van der Waals surface area contributed by atoms with E-state index in [0.29, 0.717) is 5.56 Å². The normalized spacial score (nSPS) is 13.3. The van der Waals surface area contributed by atoms with E-state index in [4.69, 9.17) is 4.74 Å². The van der Waals surface area contributed by atoms with E-state index in [0.717, 1.165) is 0 Å². The third kappa shape index (κ3) is 6.21. The molecule has 1 N–H and O–H groups in total. The van der Waals surface area contributed by atoms with Crippen LogP contribution in [0.4, 0.5) is 17.6 Å². The summed E-state index contributed by atoms with van der Waals surface area (Å²) >= 11 is 0. The van der Waals surface area contributed by atoms with E-state index in [9.17, 15) is 22.7 Å². The molecule has 0 aliphatic carbocycles. The zero-order chi connectivity index (χ0) is 15.2. The summed E-state index contributed by atoms with van der Waals surface area (Å²) in [4.78, 5) is 0. The smallest absolute Gasteiger partial charge is 0.411 e. The van der Waals surface area contributed by atoms with E-state index >= 15 is 0 Å². The van der Waals surface area contributed by atoms with Crippen LogP contribution < -0.4 is 4.74 Å². The Kier molecular flexibility index (Phi) is 6.22. The van der Waals surface area contributed by atoms with Gasteiger partial charge in [0, 0.05) is 6.61 Å². The molecule has 0 aromatic heterocycles. The van der Waals surface area contributed by atoms with Crippen LogP contribution in [0.25, 0.3) is 0 Å². The molecule has 0 radical (unpaired) electrons. The van der Waals surface area contributed by atoms with Crippen LogP contribution in [0.5, 0.6) is 5.75 Å². The number of alkyl halides is 3. The van der Waals surface area contributed by atoms with Gasteiger partial charge in [-0.15, -0.1) is 0 Å². The minimum Gasteiger partial charge on any atom is -0.494 e. The molecule has 0 aliphatic heterocycles.